The number of fused-ring (bicyclic) bond motifs is 3. The van der Waals surface area contributed by atoms with E-state index in [2.05, 4.69) is 54.7 Å². The molecule has 0 atom stereocenters. The summed E-state index contributed by atoms with van der Waals surface area (Å²) < 4.78 is 0. The van der Waals surface area contributed by atoms with Gasteiger partial charge in [-0.2, -0.15) is 0 Å². The molecule has 0 radical (unpaired) electrons. The maximum Gasteiger partial charge on any atom is 0.0387 e. The van der Waals surface area contributed by atoms with Gasteiger partial charge < -0.3 is 5.32 Å². The highest BCUT2D eigenvalue weighted by Crippen LogP contribution is 2.43. The number of allylic oxidation sites excluding steroid dienone is 3. The quantitative estimate of drug-likeness (QED) is 0.776. The van der Waals surface area contributed by atoms with Crippen LogP contribution in [0.4, 0.5) is 0 Å². The van der Waals surface area contributed by atoms with Crippen molar-refractivity contribution in [3.63, 3.8) is 0 Å². The Morgan fingerprint density at radius 2 is 2.10 bits per heavy atom. The minimum Gasteiger partial charge on any atom is -0.387 e. The third-order valence-corrected chi connectivity index (χ3v) is 4.88. The van der Waals surface area contributed by atoms with Gasteiger partial charge in [0.25, 0.3) is 0 Å². The van der Waals surface area contributed by atoms with Crippen LogP contribution in [0.15, 0.2) is 47.0 Å². The van der Waals surface area contributed by atoms with Crippen molar-refractivity contribution in [3.8, 4) is 0 Å². The zero-order valence-electron chi connectivity index (χ0n) is 12.0. The van der Waals surface area contributed by atoms with Crippen LogP contribution < -0.4 is 5.32 Å². The number of nitrogens with one attached hydrogen (secondary N) is 1. The number of hydrogen-bond acceptors (Lipinski definition) is 2. The Kier molecular flexibility index (Phi) is 4.31. The summed E-state index contributed by atoms with van der Waals surface area (Å²) in [7, 11) is 0. The normalized spacial score (nSPS) is 16.6. The maximum absolute atomic E-state index is 3.67. The van der Waals surface area contributed by atoms with Crippen LogP contribution in [0.1, 0.15) is 37.3 Å². The summed E-state index contributed by atoms with van der Waals surface area (Å²) in [6.45, 7) is 3.34. The molecule has 20 heavy (non-hydrogen) atoms. The second-order valence-electron chi connectivity index (χ2n) is 5.25. The number of thioether (sulfide) groups is 1. The first kappa shape index (κ1) is 13.6. The third kappa shape index (κ3) is 2.71. The molecule has 1 aromatic carbocycles. The Labute approximate surface area is 125 Å². The van der Waals surface area contributed by atoms with Crippen LogP contribution >= 0.6 is 11.8 Å². The average Bonchev–Trinajstić information content (AvgIpc) is 2.77. The molecular weight excluding hydrogens is 262 g/mol. The second-order valence-corrected chi connectivity index (χ2v) is 6.27. The highest BCUT2D eigenvalue weighted by Gasteiger charge is 2.23. The summed E-state index contributed by atoms with van der Waals surface area (Å²) in [5, 5.41) is 3.67. The Morgan fingerprint density at radius 1 is 1.20 bits per heavy atom. The minimum atomic E-state index is 1.08. The highest BCUT2D eigenvalue weighted by molar-refractivity contribution is 8.04. The molecule has 0 fully saturated rings. The Morgan fingerprint density at radius 3 is 3.00 bits per heavy atom. The highest BCUT2D eigenvalue weighted by atomic mass is 32.2. The van der Waals surface area contributed by atoms with Crippen LogP contribution in [-0.2, 0) is 0 Å². The molecule has 1 aromatic rings. The first-order valence-electron chi connectivity index (χ1n) is 7.48. The van der Waals surface area contributed by atoms with Gasteiger partial charge in [-0.15, -0.1) is 11.8 Å². The molecule has 1 heterocycles. The molecule has 3 rings (SSSR count). The third-order valence-electron chi connectivity index (χ3n) is 3.79. The lowest BCUT2D eigenvalue weighted by atomic mass is 9.99. The standard InChI is InChI=1S/C18H21NS/c1-2-3-6-12-19-16-13-20-17-11-7-9-14-8-4-5-10-15(14)18(16)17/h4-5,7-11,19H,2-3,6,12-13H2,1H3. The van der Waals surface area contributed by atoms with E-state index in [0.29, 0.717) is 0 Å². The molecule has 1 aliphatic carbocycles. The number of hydrogen-bond donors (Lipinski definition) is 1. The minimum absolute atomic E-state index is 1.08. The Bertz CT molecular complexity index is 581. The van der Waals surface area contributed by atoms with E-state index in [1.54, 1.807) is 0 Å². The van der Waals surface area contributed by atoms with Crippen LogP contribution in [0.3, 0.4) is 0 Å². The van der Waals surface area contributed by atoms with Crippen LogP contribution in [0, 0.1) is 0 Å². The van der Waals surface area contributed by atoms with Gasteiger partial charge in [0, 0.05) is 28.5 Å². The average molecular weight is 283 g/mol. The summed E-state index contributed by atoms with van der Waals surface area (Å²) in [5.41, 5.74) is 5.53. The van der Waals surface area contributed by atoms with Crippen molar-refractivity contribution < 1.29 is 0 Å². The maximum atomic E-state index is 3.67. The van der Waals surface area contributed by atoms with Gasteiger partial charge in [-0.25, -0.2) is 0 Å². The summed E-state index contributed by atoms with van der Waals surface area (Å²) in [6, 6.07) is 8.70. The molecule has 1 N–H and O–H groups in total. The van der Waals surface area contributed by atoms with Crippen molar-refractivity contribution in [3.05, 3.63) is 58.1 Å². The zero-order chi connectivity index (χ0) is 13.8. The van der Waals surface area contributed by atoms with Crippen molar-refractivity contribution >= 4 is 23.4 Å². The Balaban J connectivity index is 1.89. The molecule has 104 valence electrons. The van der Waals surface area contributed by atoms with Gasteiger partial charge in [-0.3, -0.25) is 0 Å². The van der Waals surface area contributed by atoms with Gasteiger partial charge in [0.05, 0.1) is 0 Å². The van der Waals surface area contributed by atoms with Gasteiger partial charge >= 0.3 is 0 Å². The monoisotopic (exact) mass is 283 g/mol. The van der Waals surface area contributed by atoms with Crippen molar-refractivity contribution in [2.24, 2.45) is 0 Å². The predicted molar refractivity (Wildman–Crippen MR) is 90.5 cm³/mol. The first-order valence-corrected chi connectivity index (χ1v) is 8.46. The first-order chi connectivity index (χ1) is 9.90. The van der Waals surface area contributed by atoms with E-state index in [0.717, 1.165) is 12.3 Å². The van der Waals surface area contributed by atoms with Crippen LogP contribution in [-0.4, -0.2) is 12.3 Å². The van der Waals surface area contributed by atoms with Crippen LogP contribution in [0.5, 0.6) is 0 Å². The van der Waals surface area contributed by atoms with Gasteiger partial charge in [0.1, 0.15) is 0 Å². The van der Waals surface area contributed by atoms with Crippen LogP contribution in [0.25, 0.3) is 11.6 Å². The molecule has 0 unspecified atom stereocenters. The van der Waals surface area contributed by atoms with Gasteiger partial charge in [-0.05, 0) is 23.6 Å². The van der Waals surface area contributed by atoms with E-state index >= 15 is 0 Å². The van der Waals surface area contributed by atoms with E-state index in [1.807, 2.05) is 11.8 Å². The topological polar surface area (TPSA) is 12.0 Å². The lowest BCUT2D eigenvalue weighted by Crippen LogP contribution is -2.16. The number of unbranched alkanes of at least 4 members (excludes halogenated alkanes) is 2. The lowest BCUT2D eigenvalue weighted by molar-refractivity contribution is 0.670. The second kappa shape index (κ2) is 6.36. The van der Waals surface area contributed by atoms with Crippen molar-refractivity contribution in [2.75, 3.05) is 12.3 Å². The lowest BCUT2D eigenvalue weighted by Gasteiger charge is -2.12. The van der Waals surface area contributed by atoms with Gasteiger partial charge in [-0.1, -0.05) is 56.2 Å². The Hall–Kier alpha value is -1.41. The fraction of sp³-hybridized carbons (Fsp3) is 0.333. The van der Waals surface area contributed by atoms with Crippen molar-refractivity contribution in [1.82, 2.24) is 5.32 Å². The smallest absolute Gasteiger partial charge is 0.0387 e. The summed E-state index contributed by atoms with van der Waals surface area (Å²) in [4.78, 5) is 1.41. The van der Waals surface area contributed by atoms with Gasteiger partial charge in [0.2, 0.25) is 0 Å². The molecule has 1 nitrogen and oxygen atoms in total. The summed E-state index contributed by atoms with van der Waals surface area (Å²) in [5.74, 6) is 1.08. The van der Waals surface area contributed by atoms with Crippen molar-refractivity contribution in [2.45, 2.75) is 26.2 Å². The summed E-state index contributed by atoms with van der Waals surface area (Å²) >= 11 is 1.95. The zero-order valence-corrected chi connectivity index (χ0v) is 12.8. The SMILES string of the molecule is CCCCCNC1=C2C(=CC=Cc3ccccc32)SC1. The fourth-order valence-electron chi connectivity index (χ4n) is 2.73. The molecule has 0 spiro atoms. The largest absolute Gasteiger partial charge is 0.387 e. The fourth-order valence-corrected chi connectivity index (χ4v) is 3.83. The molecule has 0 amide bonds. The molecule has 0 saturated heterocycles. The molecule has 1 aliphatic heterocycles. The molecule has 2 heteroatoms. The molecule has 0 saturated carbocycles. The molecule has 2 aliphatic rings. The molecule has 0 aromatic heterocycles. The summed E-state index contributed by atoms with van der Waals surface area (Å²) in [6.07, 6.45) is 10.5. The van der Waals surface area contributed by atoms with E-state index in [-0.39, 0.29) is 0 Å². The molecular formula is C18H21NS. The predicted octanol–water partition coefficient (Wildman–Crippen LogP) is 4.84. The number of benzene rings is 1. The van der Waals surface area contributed by atoms with E-state index < -0.39 is 0 Å². The van der Waals surface area contributed by atoms with E-state index in [1.165, 1.54) is 46.6 Å². The van der Waals surface area contributed by atoms with Crippen molar-refractivity contribution in [1.29, 1.82) is 0 Å². The number of rotatable bonds is 5. The molecule has 0 bridgehead atoms. The van der Waals surface area contributed by atoms with Gasteiger partial charge in [0.15, 0.2) is 0 Å². The van der Waals surface area contributed by atoms with E-state index in [4.69, 9.17) is 0 Å². The van der Waals surface area contributed by atoms with Crippen LogP contribution in [0.2, 0.25) is 0 Å². The van der Waals surface area contributed by atoms with E-state index in [9.17, 15) is 0 Å².